The summed E-state index contributed by atoms with van der Waals surface area (Å²) in [7, 11) is 1.90. The number of ether oxygens (including phenoxy) is 1. The molecule has 1 aliphatic heterocycles. The van der Waals surface area contributed by atoms with E-state index in [0.717, 1.165) is 62.6 Å². The van der Waals surface area contributed by atoms with E-state index in [1.165, 1.54) is 25.7 Å². The molecule has 7 saturated carbocycles. The summed E-state index contributed by atoms with van der Waals surface area (Å²) < 4.78 is 5.93. The maximum absolute atomic E-state index is 14.3. The highest BCUT2D eigenvalue weighted by Crippen LogP contribution is 2.78. The van der Waals surface area contributed by atoms with Gasteiger partial charge >= 0.3 is 5.97 Å². The van der Waals surface area contributed by atoms with Gasteiger partial charge in [-0.2, -0.15) is 0 Å². The fourth-order valence-electron chi connectivity index (χ4n) is 16.2. The van der Waals surface area contributed by atoms with Crippen LogP contribution in [0.3, 0.4) is 0 Å². The van der Waals surface area contributed by atoms with E-state index in [0.29, 0.717) is 44.1 Å². The number of carbonyl (C=O) groups excluding carboxylic acids is 2. The highest BCUT2D eigenvalue weighted by molar-refractivity contribution is 5.87. The summed E-state index contributed by atoms with van der Waals surface area (Å²) in [6, 6.07) is 0. The zero-order valence-electron chi connectivity index (χ0n) is 32.8. The van der Waals surface area contributed by atoms with Crippen molar-refractivity contribution in [1.29, 1.82) is 0 Å². The Balaban J connectivity index is 1.18. The molecule has 9 rings (SSSR count). The van der Waals surface area contributed by atoms with Crippen molar-refractivity contribution in [2.24, 2.45) is 63.6 Å². The smallest absolute Gasteiger partial charge is 0.331 e. The molecule has 7 fully saturated rings. The van der Waals surface area contributed by atoms with Crippen LogP contribution >= 0.6 is 0 Å². The average molecular weight is 751 g/mol. The number of nitrogens with one attached hydrogen (secondary N) is 2. The summed E-state index contributed by atoms with van der Waals surface area (Å²) in [5.41, 5.74) is -6.91. The van der Waals surface area contributed by atoms with Gasteiger partial charge in [0.25, 0.3) is 0 Å². The van der Waals surface area contributed by atoms with Crippen LogP contribution in [-0.4, -0.2) is 99.6 Å². The molecule has 1 heterocycles. The number of likely N-dealkylation sites (N-methyl/N-ethyl adjacent to an activating group) is 1. The first-order valence-electron chi connectivity index (χ1n) is 21.7. The number of hydrogen-bond donors (Lipinski definition) is 7. The fraction of sp³-hybridized carbons (Fsp3) is 0.864. The Bertz CT molecular complexity index is 1590. The van der Waals surface area contributed by atoms with E-state index in [-0.39, 0.29) is 30.6 Å². The van der Waals surface area contributed by atoms with Gasteiger partial charge in [0.2, 0.25) is 0 Å². The van der Waals surface area contributed by atoms with E-state index >= 15 is 0 Å². The summed E-state index contributed by atoms with van der Waals surface area (Å²) in [5.74, 6) is -2.34. The molecule has 0 saturated heterocycles. The second-order valence-corrected chi connectivity index (χ2v) is 20.3. The van der Waals surface area contributed by atoms with Crippen LogP contribution in [0.5, 0.6) is 0 Å². The number of fused-ring (bicyclic) bond motifs is 8. The molecule has 0 aromatic carbocycles. The number of rotatable bonds is 8. The van der Waals surface area contributed by atoms with Gasteiger partial charge in [-0.3, -0.25) is 0 Å². The number of allylic oxidation sites excluding steroid dienone is 1. The predicted octanol–water partition coefficient (Wildman–Crippen LogP) is 3.58. The van der Waals surface area contributed by atoms with Crippen LogP contribution in [0.15, 0.2) is 23.3 Å². The molecule has 0 aromatic heterocycles. The van der Waals surface area contributed by atoms with Gasteiger partial charge in [0.1, 0.15) is 23.6 Å². The Labute approximate surface area is 321 Å². The van der Waals surface area contributed by atoms with Crippen LogP contribution < -0.4 is 10.6 Å². The number of aliphatic hydroxyl groups excluding tert-OH is 2. The molecule has 0 aromatic rings. The zero-order chi connectivity index (χ0) is 38.1. The molecule has 1 spiro atoms. The number of aliphatic hydroxyl groups is 5. The molecule has 8 aliphatic carbocycles. The molecule has 7 N–H and O–H groups in total. The van der Waals surface area contributed by atoms with Crippen LogP contribution in [0.4, 0.5) is 0 Å². The maximum atomic E-state index is 14.3. The molecule has 10 heteroatoms. The molecule has 54 heavy (non-hydrogen) atoms. The largest absolute Gasteiger partial charge is 0.450 e. The normalized spacial score (nSPS) is 50.9. The molecular weight excluding hydrogens is 684 g/mol. The van der Waals surface area contributed by atoms with Crippen LogP contribution in [0, 0.1) is 63.6 Å². The minimum atomic E-state index is -2.12. The molecule has 300 valence electrons. The molecule has 9 aliphatic rings. The quantitative estimate of drug-likeness (QED) is 0.0844. The molecular formula is C44H66N2O8. The minimum Gasteiger partial charge on any atom is -0.450 e. The maximum Gasteiger partial charge on any atom is 0.331 e. The van der Waals surface area contributed by atoms with Crippen molar-refractivity contribution < 1.29 is 39.9 Å². The number of esters is 1. The van der Waals surface area contributed by atoms with Crippen molar-refractivity contribution >= 4 is 12.3 Å². The average Bonchev–Trinajstić information content (AvgIpc) is 3.95. The van der Waals surface area contributed by atoms with Crippen LogP contribution in [-0.2, 0) is 14.3 Å². The third-order valence-electron chi connectivity index (χ3n) is 18.6. The topological polar surface area (TPSA) is 169 Å². The van der Waals surface area contributed by atoms with E-state index in [1.807, 2.05) is 14.0 Å². The third kappa shape index (κ3) is 4.65. The van der Waals surface area contributed by atoms with Gasteiger partial charge in [-0.05, 0) is 111 Å². The van der Waals surface area contributed by atoms with Gasteiger partial charge in [-0.25, -0.2) is 4.79 Å². The highest BCUT2D eigenvalue weighted by Gasteiger charge is 2.85. The highest BCUT2D eigenvalue weighted by atomic mass is 16.5. The number of carbonyl (C=O) groups is 2. The van der Waals surface area contributed by atoms with Crippen molar-refractivity contribution in [1.82, 2.24) is 10.6 Å². The summed E-state index contributed by atoms with van der Waals surface area (Å²) in [6.45, 7) is 6.35. The van der Waals surface area contributed by atoms with E-state index in [1.54, 1.807) is 6.08 Å². The van der Waals surface area contributed by atoms with Gasteiger partial charge in [0, 0.05) is 48.9 Å². The molecule has 0 radical (unpaired) electrons. The zero-order valence-corrected chi connectivity index (χ0v) is 32.8. The molecule has 10 nitrogen and oxygen atoms in total. The molecule has 0 amide bonds. The first kappa shape index (κ1) is 37.9. The lowest BCUT2D eigenvalue weighted by Gasteiger charge is -2.74. The third-order valence-corrected chi connectivity index (χ3v) is 18.6. The summed E-state index contributed by atoms with van der Waals surface area (Å²) >= 11 is 0. The number of aldehydes is 1. The van der Waals surface area contributed by atoms with Crippen molar-refractivity contribution in [3.05, 3.63) is 23.3 Å². The van der Waals surface area contributed by atoms with Crippen molar-refractivity contribution in [2.45, 2.75) is 145 Å². The monoisotopic (exact) mass is 750 g/mol. The summed E-state index contributed by atoms with van der Waals surface area (Å²) in [6.07, 6.45) is 13.0. The Hall–Kier alpha value is -1.66. The fourth-order valence-corrected chi connectivity index (χ4v) is 16.2. The van der Waals surface area contributed by atoms with Crippen LogP contribution in [0.25, 0.3) is 0 Å². The van der Waals surface area contributed by atoms with E-state index in [4.69, 9.17) is 4.74 Å². The van der Waals surface area contributed by atoms with Crippen LogP contribution in [0.2, 0.25) is 0 Å². The van der Waals surface area contributed by atoms with Gasteiger partial charge in [0.15, 0.2) is 0 Å². The van der Waals surface area contributed by atoms with Gasteiger partial charge in [-0.15, -0.1) is 0 Å². The van der Waals surface area contributed by atoms with Crippen LogP contribution in [0.1, 0.15) is 110 Å². The van der Waals surface area contributed by atoms with Crippen molar-refractivity contribution in [3.8, 4) is 0 Å². The first-order chi connectivity index (χ1) is 25.8. The predicted molar refractivity (Wildman–Crippen MR) is 202 cm³/mol. The molecule has 0 unspecified atom stereocenters. The second-order valence-electron chi connectivity index (χ2n) is 20.3. The lowest BCUT2D eigenvalue weighted by atomic mass is 9.33. The minimum absolute atomic E-state index is 0.142. The Morgan fingerprint density at radius 3 is 2.37 bits per heavy atom. The van der Waals surface area contributed by atoms with E-state index in [9.17, 15) is 35.1 Å². The first-order valence-corrected chi connectivity index (χ1v) is 21.7. The number of hydrogen-bond acceptors (Lipinski definition) is 10. The summed E-state index contributed by atoms with van der Waals surface area (Å²) in [5, 5.41) is 73.4. The lowest BCUT2D eigenvalue weighted by molar-refractivity contribution is -0.382. The Morgan fingerprint density at radius 1 is 0.926 bits per heavy atom. The van der Waals surface area contributed by atoms with Gasteiger partial charge in [-0.1, -0.05) is 58.4 Å². The SMILES string of the molecule is CNCCNCC1=C[C@@H]2C[C@]3(O)[C@]4(O)[C@@H](O)[C@@H]5C[C@H]([C@@H](C)C6CCCC6)CC[C@H]6[C@@H](O)C7(CCCC7)C[C@](C=O)([C@H]4CC[C@]3(C)[C@H]2C2=CC(=O)O[C@@H]12)[C@@]65O. The van der Waals surface area contributed by atoms with Crippen molar-refractivity contribution in [2.75, 3.05) is 26.7 Å². The van der Waals surface area contributed by atoms with Crippen molar-refractivity contribution in [3.63, 3.8) is 0 Å². The van der Waals surface area contributed by atoms with Gasteiger partial charge in [0.05, 0.1) is 23.2 Å². The Morgan fingerprint density at radius 2 is 1.67 bits per heavy atom. The standard InChI is InChI=1S/C44H66N2O8/c1-25(26-8-4-5-9-26)27-10-11-31-37(49)40(13-6-7-14-40)23-41(24-47)33-12-15-39(2)35-28(18-29(22-46-17-16-45-3)36-30(35)20-34(48)54-36)21-42(39,51)44(33,53)38(50)32(19-27)43(31,41)52/h18,20,24-28,31-33,35-38,45-46,49-53H,4-17,19,21-23H2,1-3H3/t25-,27+,28+,31-,32-,33+,35+,36-,37+,38-,39+,41-,42+,43+,44+/m0/s1. The molecule has 0 bridgehead atoms. The molecule has 15 atom stereocenters. The second kappa shape index (κ2) is 12.9. The van der Waals surface area contributed by atoms with E-state index in [2.05, 4.69) is 23.6 Å². The summed E-state index contributed by atoms with van der Waals surface area (Å²) in [4.78, 5) is 27.3. The van der Waals surface area contributed by atoms with E-state index < -0.39 is 75.1 Å². The van der Waals surface area contributed by atoms with Gasteiger partial charge < -0.3 is 45.7 Å². The lowest BCUT2D eigenvalue weighted by Crippen LogP contribution is -2.86. The Kier molecular flexibility index (Phi) is 9.07.